The topological polar surface area (TPSA) is 66.8 Å². The molecule has 1 fully saturated rings. The fourth-order valence-corrected chi connectivity index (χ4v) is 3.41. The Labute approximate surface area is 151 Å². The summed E-state index contributed by atoms with van der Waals surface area (Å²) >= 11 is 3.41. The van der Waals surface area contributed by atoms with Crippen LogP contribution < -0.4 is 0 Å². The first kappa shape index (κ1) is 18.8. The zero-order valence-corrected chi connectivity index (χ0v) is 15.9. The monoisotopic (exact) mass is 397 g/mol. The van der Waals surface area contributed by atoms with Crippen LogP contribution in [-0.2, 0) is 9.53 Å². The quantitative estimate of drug-likeness (QED) is 0.760. The van der Waals surface area contributed by atoms with Gasteiger partial charge in [0.25, 0.3) is 0 Å². The number of aliphatic carboxylic acids is 1. The third-order valence-electron chi connectivity index (χ3n) is 4.94. The van der Waals surface area contributed by atoms with Crippen molar-refractivity contribution in [1.29, 1.82) is 0 Å². The molecule has 0 aliphatic carbocycles. The normalized spacial score (nSPS) is 22.4. The van der Waals surface area contributed by atoms with Gasteiger partial charge in [-0.15, -0.1) is 0 Å². The fraction of sp³-hybridized carbons (Fsp3) is 0.556. The Hall–Kier alpha value is -1.56. The van der Waals surface area contributed by atoms with Crippen LogP contribution in [0.1, 0.15) is 51.6 Å². The summed E-state index contributed by atoms with van der Waals surface area (Å²) in [6.45, 7) is 6.49. The van der Waals surface area contributed by atoms with Gasteiger partial charge in [0.15, 0.2) is 0 Å². The maximum atomic E-state index is 12.6. The van der Waals surface area contributed by atoms with E-state index in [4.69, 9.17) is 9.84 Å². The molecule has 1 unspecified atom stereocenters. The number of carbonyl (C=O) groups excluding carboxylic acids is 1. The van der Waals surface area contributed by atoms with E-state index in [2.05, 4.69) is 15.9 Å². The van der Waals surface area contributed by atoms with Crippen LogP contribution in [-0.4, -0.2) is 34.2 Å². The lowest BCUT2D eigenvalue weighted by atomic mass is 9.81. The minimum Gasteiger partial charge on any atom is -0.481 e. The van der Waals surface area contributed by atoms with Crippen molar-refractivity contribution in [2.45, 2.75) is 51.7 Å². The van der Waals surface area contributed by atoms with Crippen LogP contribution in [0.3, 0.4) is 0 Å². The molecule has 1 heterocycles. The molecule has 1 saturated heterocycles. The number of benzene rings is 1. The van der Waals surface area contributed by atoms with Crippen molar-refractivity contribution < 1.29 is 19.4 Å². The van der Waals surface area contributed by atoms with Crippen LogP contribution >= 0.6 is 15.9 Å². The Bertz CT molecular complexity index is 602. The third-order valence-corrected chi connectivity index (χ3v) is 5.46. The second kappa shape index (κ2) is 7.55. The molecule has 1 aromatic carbocycles. The molecule has 1 aromatic rings. The summed E-state index contributed by atoms with van der Waals surface area (Å²) < 4.78 is 6.77. The number of nitrogens with zero attached hydrogens (tertiary/aromatic N) is 1. The van der Waals surface area contributed by atoms with E-state index in [-0.39, 0.29) is 24.5 Å². The first-order valence-corrected chi connectivity index (χ1v) is 9.01. The molecule has 132 valence electrons. The SMILES string of the molecule is CC(c1ccc(Br)cc1)N1CC[C@@](CCC(=O)O)(C(C)C)OC1=O. The number of rotatable bonds is 6. The highest BCUT2D eigenvalue weighted by Gasteiger charge is 2.44. The van der Waals surface area contributed by atoms with E-state index in [1.165, 1.54) is 0 Å². The van der Waals surface area contributed by atoms with E-state index in [0.29, 0.717) is 19.4 Å². The van der Waals surface area contributed by atoms with E-state index in [0.717, 1.165) is 10.0 Å². The molecule has 0 saturated carbocycles. The largest absolute Gasteiger partial charge is 0.481 e. The van der Waals surface area contributed by atoms with E-state index in [9.17, 15) is 9.59 Å². The van der Waals surface area contributed by atoms with Gasteiger partial charge in [-0.05, 0) is 37.0 Å². The number of ether oxygens (including phenoxy) is 1. The summed E-state index contributed by atoms with van der Waals surface area (Å²) in [6, 6.07) is 7.78. The van der Waals surface area contributed by atoms with E-state index in [1.807, 2.05) is 45.0 Å². The van der Waals surface area contributed by atoms with Gasteiger partial charge in [0, 0.05) is 23.9 Å². The first-order valence-electron chi connectivity index (χ1n) is 8.22. The van der Waals surface area contributed by atoms with Crippen molar-refractivity contribution in [2.75, 3.05) is 6.54 Å². The second-order valence-electron chi connectivity index (χ2n) is 6.65. The Kier molecular flexibility index (Phi) is 5.91. The van der Waals surface area contributed by atoms with Gasteiger partial charge in [-0.2, -0.15) is 0 Å². The predicted molar refractivity (Wildman–Crippen MR) is 94.8 cm³/mol. The summed E-state index contributed by atoms with van der Waals surface area (Å²) in [5, 5.41) is 8.96. The van der Waals surface area contributed by atoms with Crippen LogP contribution in [0, 0.1) is 5.92 Å². The Balaban J connectivity index is 2.11. The number of halogens is 1. The molecule has 1 N–H and O–H groups in total. The lowest BCUT2D eigenvalue weighted by Crippen LogP contribution is -2.53. The molecule has 6 heteroatoms. The van der Waals surface area contributed by atoms with Crippen molar-refractivity contribution >= 4 is 28.0 Å². The lowest BCUT2D eigenvalue weighted by molar-refractivity contribution is -0.140. The van der Waals surface area contributed by atoms with Gasteiger partial charge in [-0.25, -0.2) is 4.79 Å². The van der Waals surface area contributed by atoms with Crippen molar-refractivity contribution in [1.82, 2.24) is 4.90 Å². The summed E-state index contributed by atoms with van der Waals surface area (Å²) in [5.74, 6) is -0.789. The van der Waals surface area contributed by atoms with Crippen molar-refractivity contribution in [3.63, 3.8) is 0 Å². The maximum Gasteiger partial charge on any atom is 0.410 e. The summed E-state index contributed by atoms with van der Waals surface area (Å²) in [4.78, 5) is 25.2. The van der Waals surface area contributed by atoms with Gasteiger partial charge in [-0.3, -0.25) is 4.79 Å². The highest BCUT2D eigenvalue weighted by Crippen LogP contribution is 2.37. The van der Waals surface area contributed by atoms with Gasteiger partial charge >= 0.3 is 12.1 Å². The smallest absolute Gasteiger partial charge is 0.410 e. The van der Waals surface area contributed by atoms with Crippen LogP contribution in [0.2, 0.25) is 0 Å². The van der Waals surface area contributed by atoms with Gasteiger partial charge in [0.1, 0.15) is 5.60 Å². The fourth-order valence-electron chi connectivity index (χ4n) is 3.15. The van der Waals surface area contributed by atoms with Crippen LogP contribution in [0.5, 0.6) is 0 Å². The highest BCUT2D eigenvalue weighted by molar-refractivity contribution is 9.10. The van der Waals surface area contributed by atoms with Crippen molar-refractivity contribution in [2.24, 2.45) is 5.92 Å². The number of cyclic esters (lactones) is 1. The molecule has 0 spiro atoms. The number of carboxylic acid groups (broad SMARTS) is 1. The van der Waals surface area contributed by atoms with Gasteiger partial charge in [0.05, 0.1) is 6.04 Å². The summed E-state index contributed by atoms with van der Waals surface area (Å²) in [7, 11) is 0. The second-order valence-corrected chi connectivity index (χ2v) is 7.57. The first-order chi connectivity index (χ1) is 11.2. The number of hydrogen-bond donors (Lipinski definition) is 1. The molecule has 0 bridgehead atoms. The molecule has 0 radical (unpaired) electrons. The standard InChI is InChI=1S/C18H24BrNO4/c1-12(2)18(9-8-16(21)22)10-11-20(17(23)24-18)13(3)14-4-6-15(19)7-5-14/h4-7,12-13H,8-11H2,1-3H3,(H,21,22)/t13?,18-/m0/s1. The Morgan fingerprint density at radius 3 is 2.46 bits per heavy atom. The van der Waals surface area contributed by atoms with Crippen LogP contribution in [0.15, 0.2) is 28.7 Å². The Morgan fingerprint density at radius 2 is 1.96 bits per heavy atom. The lowest BCUT2D eigenvalue weighted by Gasteiger charge is -2.45. The molecule has 24 heavy (non-hydrogen) atoms. The molecule has 2 rings (SSSR count). The average Bonchev–Trinajstić information content (AvgIpc) is 2.53. The minimum atomic E-state index is -0.864. The molecule has 0 aromatic heterocycles. The summed E-state index contributed by atoms with van der Waals surface area (Å²) in [6.07, 6.45) is 0.639. The Morgan fingerprint density at radius 1 is 1.33 bits per heavy atom. The molecule has 1 amide bonds. The minimum absolute atomic E-state index is 0.00766. The molecule has 1 aliphatic heterocycles. The summed E-state index contributed by atoms with van der Waals surface area (Å²) in [5.41, 5.74) is 0.350. The number of hydrogen-bond acceptors (Lipinski definition) is 3. The molecule has 1 aliphatic rings. The zero-order valence-electron chi connectivity index (χ0n) is 14.3. The molecule has 2 atom stereocenters. The molecule has 5 nitrogen and oxygen atoms in total. The number of amides is 1. The van der Waals surface area contributed by atoms with Crippen molar-refractivity contribution in [3.05, 3.63) is 34.3 Å². The van der Waals surface area contributed by atoms with E-state index in [1.54, 1.807) is 4.90 Å². The number of carbonyl (C=O) groups is 2. The van der Waals surface area contributed by atoms with Gasteiger partial charge in [0.2, 0.25) is 0 Å². The highest BCUT2D eigenvalue weighted by atomic mass is 79.9. The zero-order chi connectivity index (χ0) is 17.9. The van der Waals surface area contributed by atoms with E-state index >= 15 is 0 Å². The third kappa shape index (κ3) is 4.09. The van der Waals surface area contributed by atoms with Gasteiger partial charge < -0.3 is 14.7 Å². The molecular formula is C18H24BrNO4. The predicted octanol–water partition coefficient (Wildman–Crippen LogP) is 4.61. The van der Waals surface area contributed by atoms with Gasteiger partial charge in [-0.1, -0.05) is 41.9 Å². The van der Waals surface area contributed by atoms with E-state index < -0.39 is 11.6 Å². The van der Waals surface area contributed by atoms with Crippen LogP contribution in [0.25, 0.3) is 0 Å². The average molecular weight is 398 g/mol. The molecular weight excluding hydrogens is 374 g/mol. The van der Waals surface area contributed by atoms with Crippen molar-refractivity contribution in [3.8, 4) is 0 Å². The van der Waals surface area contributed by atoms with Crippen LogP contribution in [0.4, 0.5) is 4.79 Å². The maximum absolute atomic E-state index is 12.6. The number of carboxylic acids is 1.